The van der Waals surface area contributed by atoms with Gasteiger partial charge in [-0.1, -0.05) is 18.2 Å². The Balaban J connectivity index is 2.08. The fraction of sp³-hybridized carbons (Fsp3) is 0.0714. The molecule has 1 amide bonds. The Hall–Kier alpha value is -2.25. The van der Waals surface area contributed by atoms with Crippen molar-refractivity contribution in [3.8, 4) is 0 Å². The molecule has 110 valence electrons. The third kappa shape index (κ3) is 4.37. The van der Waals surface area contributed by atoms with E-state index in [4.69, 9.17) is 5.14 Å². The monoisotopic (exact) mass is 308 g/mol. The van der Waals surface area contributed by atoms with E-state index >= 15 is 0 Å². The summed E-state index contributed by atoms with van der Waals surface area (Å²) in [6.07, 6.45) is 0.0554. The molecule has 7 heteroatoms. The molecule has 0 aromatic heterocycles. The molecule has 0 aliphatic heterocycles. The Morgan fingerprint density at radius 1 is 1.14 bits per heavy atom. The average molecular weight is 308 g/mol. The summed E-state index contributed by atoms with van der Waals surface area (Å²) in [7, 11) is -3.82. The second-order valence-electron chi connectivity index (χ2n) is 4.42. The summed E-state index contributed by atoms with van der Waals surface area (Å²) in [6, 6.07) is 11.2. The maximum Gasteiger partial charge on any atom is 0.238 e. The highest BCUT2D eigenvalue weighted by Crippen LogP contribution is 2.14. The van der Waals surface area contributed by atoms with E-state index in [1.165, 1.54) is 42.5 Å². The molecule has 0 fully saturated rings. The lowest BCUT2D eigenvalue weighted by atomic mass is 10.1. The first-order valence-electron chi connectivity index (χ1n) is 6.02. The molecule has 0 aliphatic rings. The second kappa shape index (κ2) is 6.02. The maximum absolute atomic E-state index is 12.8. The Labute approximate surface area is 121 Å². The van der Waals surface area contributed by atoms with Gasteiger partial charge in [-0.3, -0.25) is 4.79 Å². The molecule has 3 N–H and O–H groups in total. The summed E-state index contributed by atoms with van der Waals surface area (Å²) in [6.45, 7) is 0. The number of anilines is 1. The number of nitrogens with one attached hydrogen (secondary N) is 1. The molecule has 2 aromatic rings. The first-order valence-corrected chi connectivity index (χ1v) is 7.56. The van der Waals surface area contributed by atoms with Crippen LogP contribution in [0.2, 0.25) is 0 Å². The van der Waals surface area contributed by atoms with Gasteiger partial charge in [0.1, 0.15) is 5.82 Å². The zero-order valence-corrected chi connectivity index (χ0v) is 11.7. The number of sulfonamides is 1. The van der Waals surface area contributed by atoms with Gasteiger partial charge in [0, 0.05) is 5.69 Å². The number of rotatable bonds is 4. The van der Waals surface area contributed by atoms with Crippen molar-refractivity contribution >= 4 is 21.6 Å². The van der Waals surface area contributed by atoms with E-state index in [0.29, 0.717) is 11.3 Å². The van der Waals surface area contributed by atoms with Crippen molar-refractivity contribution in [2.45, 2.75) is 11.3 Å². The largest absolute Gasteiger partial charge is 0.326 e. The standard InChI is InChI=1S/C14H13FN2O3S/c15-11-6-4-10(5-7-11)8-14(18)17-12-2-1-3-13(9-12)21(16,19)20/h1-7,9H,8H2,(H,17,18)(H2,16,19,20). The summed E-state index contributed by atoms with van der Waals surface area (Å²) in [5.41, 5.74) is 0.977. The van der Waals surface area contributed by atoms with E-state index in [1.54, 1.807) is 6.07 Å². The number of benzene rings is 2. The molecular formula is C14H13FN2O3S. The topological polar surface area (TPSA) is 89.3 Å². The van der Waals surface area contributed by atoms with Gasteiger partial charge in [-0.25, -0.2) is 17.9 Å². The number of carbonyl (C=O) groups excluding carboxylic acids is 1. The van der Waals surface area contributed by atoms with Crippen LogP contribution >= 0.6 is 0 Å². The van der Waals surface area contributed by atoms with Crippen LogP contribution in [0.25, 0.3) is 0 Å². The van der Waals surface area contributed by atoms with Gasteiger partial charge in [-0.15, -0.1) is 0 Å². The molecule has 0 bridgehead atoms. The smallest absolute Gasteiger partial charge is 0.238 e. The van der Waals surface area contributed by atoms with Crippen molar-refractivity contribution in [2.75, 3.05) is 5.32 Å². The minimum atomic E-state index is -3.82. The van der Waals surface area contributed by atoms with Gasteiger partial charge in [0.15, 0.2) is 0 Å². The number of primary sulfonamides is 1. The van der Waals surface area contributed by atoms with E-state index in [-0.39, 0.29) is 23.0 Å². The SMILES string of the molecule is NS(=O)(=O)c1cccc(NC(=O)Cc2ccc(F)cc2)c1. The van der Waals surface area contributed by atoms with E-state index in [9.17, 15) is 17.6 Å². The fourth-order valence-electron chi connectivity index (χ4n) is 1.74. The number of halogens is 1. The molecule has 0 saturated carbocycles. The lowest BCUT2D eigenvalue weighted by Gasteiger charge is -2.07. The average Bonchev–Trinajstić information content (AvgIpc) is 2.41. The fourth-order valence-corrected chi connectivity index (χ4v) is 2.30. The Morgan fingerprint density at radius 3 is 2.43 bits per heavy atom. The third-order valence-corrected chi connectivity index (χ3v) is 3.64. The first kappa shape index (κ1) is 15.1. The van der Waals surface area contributed by atoms with Gasteiger partial charge in [0.05, 0.1) is 11.3 Å². The van der Waals surface area contributed by atoms with E-state index in [0.717, 1.165) is 0 Å². The van der Waals surface area contributed by atoms with Crippen LogP contribution in [0.1, 0.15) is 5.56 Å². The van der Waals surface area contributed by atoms with Crippen LogP contribution in [0.4, 0.5) is 10.1 Å². The zero-order chi connectivity index (χ0) is 15.5. The first-order chi connectivity index (χ1) is 9.84. The highest BCUT2D eigenvalue weighted by molar-refractivity contribution is 7.89. The number of amides is 1. The van der Waals surface area contributed by atoms with Gasteiger partial charge in [-0.05, 0) is 35.9 Å². The quantitative estimate of drug-likeness (QED) is 0.900. The number of carbonyl (C=O) groups is 1. The predicted molar refractivity (Wildman–Crippen MR) is 76.5 cm³/mol. The van der Waals surface area contributed by atoms with Crippen LogP contribution in [0.15, 0.2) is 53.4 Å². The summed E-state index contributed by atoms with van der Waals surface area (Å²) >= 11 is 0. The van der Waals surface area contributed by atoms with Crippen molar-refractivity contribution < 1.29 is 17.6 Å². The van der Waals surface area contributed by atoms with Crippen LogP contribution in [-0.2, 0) is 21.2 Å². The minimum Gasteiger partial charge on any atom is -0.326 e. The van der Waals surface area contributed by atoms with Crippen LogP contribution in [0.3, 0.4) is 0 Å². The van der Waals surface area contributed by atoms with E-state index in [1.807, 2.05) is 0 Å². The Kier molecular flexibility index (Phi) is 4.35. The summed E-state index contributed by atoms with van der Waals surface area (Å²) in [5.74, 6) is -0.715. The summed E-state index contributed by atoms with van der Waals surface area (Å²) < 4.78 is 35.2. The van der Waals surface area contributed by atoms with Crippen molar-refractivity contribution in [1.29, 1.82) is 0 Å². The minimum absolute atomic E-state index is 0.0554. The van der Waals surface area contributed by atoms with E-state index < -0.39 is 10.0 Å². The predicted octanol–water partition coefficient (Wildman–Crippen LogP) is 1.65. The molecule has 0 spiro atoms. The molecule has 21 heavy (non-hydrogen) atoms. The molecule has 2 rings (SSSR count). The lowest BCUT2D eigenvalue weighted by molar-refractivity contribution is -0.115. The molecular weight excluding hydrogens is 295 g/mol. The van der Waals surface area contributed by atoms with Gasteiger partial charge < -0.3 is 5.32 Å². The van der Waals surface area contributed by atoms with Crippen LogP contribution in [0, 0.1) is 5.82 Å². The zero-order valence-electron chi connectivity index (χ0n) is 10.9. The normalized spacial score (nSPS) is 11.1. The molecule has 2 aromatic carbocycles. The number of nitrogens with two attached hydrogens (primary N) is 1. The molecule has 0 radical (unpaired) electrons. The van der Waals surface area contributed by atoms with Crippen LogP contribution < -0.4 is 10.5 Å². The van der Waals surface area contributed by atoms with Gasteiger partial charge in [0.2, 0.25) is 15.9 Å². The van der Waals surface area contributed by atoms with Crippen LogP contribution in [-0.4, -0.2) is 14.3 Å². The molecule has 5 nitrogen and oxygen atoms in total. The summed E-state index contributed by atoms with van der Waals surface area (Å²) in [5, 5.41) is 7.58. The van der Waals surface area contributed by atoms with Gasteiger partial charge in [-0.2, -0.15) is 0 Å². The third-order valence-electron chi connectivity index (χ3n) is 2.72. The van der Waals surface area contributed by atoms with Crippen molar-refractivity contribution in [3.63, 3.8) is 0 Å². The highest BCUT2D eigenvalue weighted by atomic mass is 32.2. The van der Waals surface area contributed by atoms with Gasteiger partial charge in [0.25, 0.3) is 0 Å². The second-order valence-corrected chi connectivity index (χ2v) is 5.99. The molecule has 0 heterocycles. The Morgan fingerprint density at radius 2 is 1.81 bits per heavy atom. The molecule has 0 atom stereocenters. The van der Waals surface area contributed by atoms with E-state index in [2.05, 4.69) is 5.32 Å². The molecule has 0 unspecified atom stereocenters. The molecule has 0 saturated heterocycles. The summed E-state index contributed by atoms with van der Waals surface area (Å²) in [4.78, 5) is 11.8. The van der Waals surface area contributed by atoms with Crippen LogP contribution in [0.5, 0.6) is 0 Å². The lowest BCUT2D eigenvalue weighted by Crippen LogP contribution is -2.16. The Bertz CT molecular complexity index is 758. The number of hydrogen-bond acceptors (Lipinski definition) is 3. The van der Waals surface area contributed by atoms with Crippen molar-refractivity contribution in [2.24, 2.45) is 5.14 Å². The number of hydrogen-bond donors (Lipinski definition) is 2. The van der Waals surface area contributed by atoms with Crippen molar-refractivity contribution in [3.05, 3.63) is 59.9 Å². The highest BCUT2D eigenvalue weighted by Gasteiger charge is 2.10. The van der Waals surface area contributed by atoms with Crippen molar-refractivity contribution in [1.82, 2.24) is 0 Å². The maximum atomic E-state index is 12.8. The van der Waals surface area contributed by atoms with Gasteiger partial charge >= 0.3 is 0 Å². The molecule has 0 aliphatic carbocycles.